The van der Waals surface area contributed by atoms with Crippen molar-refractivity contribution in [2.75, 3.05) is 6.54 Å². The SMILES string of the molecule is Cn1c(-c2cccs2)nc(Cl)c1CCN. The second kappa shape index (κ2) is 4.35. The lowest BCUT2D eigenvalue weighted by Crippen LogP contribution is -2.07. The first-order chi connectivity index (χ1) is 7.24. The van der Waals surface area contributed by atoms with Crippen molar-refractivity contribution in [3.05, 3.63) is 28.4 Å². The van der Waals surface area contributed by atoms with Crippen LogP contribution in [-0.4, -0.2) is 16.1 Å². The highest BCUT2D eigenvalue weighted by molar-refractivity contribution is 7.13. The minimum absolute atomic E-state index is 0.561. The van der Waals surface area contributed by atoms with E-state index in [0.29, 0.717) is 11.7 Å². The van der Waals surface area contributed by atoms with E-state index >= 15 is 0 Å². The van der Waals surface area contributed by atoms with Crippen molar-refractivity contribution < 1.29 is 0 Å². The van der Waals surface area contributed by atoms with Gasteiger partial charge in [-0.1, -0.05) is 17.7 Å². The first-order valence-electron chi connectivity index (χ1n) is 4.69. The fourth-order valence-corrected chi connectivity index (χ4v) is 2.58. The molecule has 0 saturated heterocycles. The molecular formula is C10H12ClN3S. The molecule has 0 aliphatic rings. The average Bonchev–Trinajstić information content (AvgIpc) is 2.81. The maximum absolute atomic E-state index is 6.06. The first kappa shape index (κ1) is 10.7. The molecule has 2 rings (SSSR count). The van der Waals surface area contributed by atoms with E-state index in [1.54, 1.807) is 11.3 Å². The molecule has 0 aliphatic carbocycles. The van der Waals surface area contributed by atoms with Gasteiger partial charge in [0, 0.05) is 13.5 Å². The summed E-state index contributed by atoms with van der Waals surface area (Å²) in [5, 5.41) is 2.59. The molecule has 0 amide bonds. The maximum Gasteiger partial charge on any atom is 0.151 e. The lowest BCUT2D eigenvalue weighted by Gasteiger charge is -2.02. The Bertz CT molecular complexity index is 447. The Balaban J connectivity index is 2.46. The zero-order chi connectivity index (χ0) is 10.8. The Morgan fingerprint density at radius 1 is 1.60 bits per heavy atom. The topological polar surface area (TPSA) is 43.8 Å². The van der Waals surface area contributed by atoms with Crippen LogP contribution < -0.4 is 5.73 Å². The number of nitrogens with two attached hydrogens (primary N) is 1. The molecule has 0 fully saturated rings. The van der Waals surface area contributed by atoms with Crippen LogP contribution in [-0.2, 0) is 13.5 Å². The number of thiophene rings is 1. The first-order valence-corrected chi connectivity index (χ1v) is 5.95. The van der Waals surface area contributed by atoms with Crippen LogP contribution in [0, 0.1) is 0 Å². The van der Waals surface area contributed by atoms with E-state index in [-0.39, 0.29) is 0 Å². The summed E-state index contributed by atoms with van der Waals surface area (Å²) in [6, 6.07) is 4.04. The van der Waals surface area contributed by atoms with E-state index in [1.165, 1.54) is 0 Å². The summed E-state index contributed by atoms with van der Waals surface area (Å²) in [6.45, 7) is 0.586. The summed E-state index contributed by atoms with van der Waals surface area (Å²) >= 11 is 7.72. The summed E-state index contributed by atoms with van der Waals surface area (Å²) in [7, 11) is 1.97. The minimum Gasteiger partial charge on any atom is -0.330 e. The molecule has 0 aromatic carbocycles. The molecule has 0 radical (unpaired) electrons. The summed E-state index contributed by atoms with van der Waals surface area (Å²) in [6.07, 6.45) is 0.758. The van der Waals surface area contributed by atoms with Gasteiger partial charge in [-0.25, -0.2) is 4.98 Å². The van der Waals surface area contributed by atoms with Crippen molar-refractivity contribution in [1.82, 2.24) is 9.55 Å². The Kier molecular flexibility index (Phi) is 3.09. The Labute approximate surface area is 97.5 Å². The lowest BCUT2D eigenvalue weighted by atomic mass is 10.3. The predicted molar refractivity (Wildman–Crippen MR) is 64.3 cm³/mol. The summed E-state index contributed by atoms with van der Waals surface area (Å²) < 4.78 is 2.01. The smallest absolute Gasteiger partial charge is 0.151 e. The molecule has 2 N–H and O–H groups in total. The molecule has 5 heteroatoms. The standard InChI is InChI=1S/C10H12ClN3S/c1-14-7(4-5-12)9(11)13-10(14)8-3-2-6-15-8/h2-3,6H,4-5,12H2,1H3. The van der Waals surface area contributed by atoms with Gasteiger partial charge in [-0.05, 0) is 18.0 Å². The number of aromatic nitrogens is 2. The highest BCUT2D eigenvalue weighted by atomic mass is 35.5. The third kappa shape index (κ3) is 1.93. The van der Waals surface area contributed by atoms with Gasteiger partial charge < -0.3 is 10.3 Å². The monoisotopic (exact) mass is 241 g/mol. The van der Waals surface area contributed by atoms with Gasteiger partial charge in [-0.2, -0.15) is 0 Å². The molecular weight excluding hydrogens is 230 g/mol. The highest BCUT2D eigenvalue weighted by Crippen LogP contribution is 2.27. The molecule has 0 unspecified atom stereocenters. The molecule has 0 saturated carbocycles. The molecule has 2 aromatic rings. The van der Waals surface area contributed by atoms with Crippen LogP contribution in [0.1, 0.15) is 5.69 Å². The second-order valence-corrected chi connectivity index (χ2v) is 4.55. The van der Waals surface area contributed by atoms with E-state index in [9.17, 15) is 0 Å². The molecule has 3 nitrogen and oxygen atoms in total. The second-order valence-electron chi connectivity index (χ2n) is 3.25. The predicted octanol–water partition coefficient (Wildman–Crippen LogP) is 2.30. The normalized spacial score (nSPS) is 10.9. The lowest BCUT2D eigenvalue weighted by molar-refractivity contribution is 0.812. The van der Waals surface area contributed by atoms with Crippen molar-refractivity contribution in [3.63, 3.8) is 0 Å². The minimum atomic E-state index is 0.561. The number of halogens is 1. The average molecular weight is 242 g/mol. The van der Waals surface area contributed by atoms with E-state index in [1.807, 2.05) is 29.1 Å². The zero-order valence-electron chi connectivity index (χ0n) is 8.40. The number of nitrogens with zero attached hydrogens (tertiary/aromatic N) is 2. The third-order valence-electron chi connectivity index (χ3n) is 2.29. The molecule has 0 bridgehead atoms. The molecule has 0 aliphatic heterocycles. The fourth-order valence-electron chi connectivity index (χ4n) is 1.53. The van der Waals surface area contributed by atoms with Gasteiger partial charge in [0.15, 0.2) is 11.0 Å². The highest BCUT2D eigenvalue weighted by Gasteiger charge is 2.13. The Morgan fingerprint density at radius 3 is 3.00 bits per heavy atom. The molecule has 2 aromatic heterocycles. The Morgan fingerprint density at radius 2 is 2.40 bits per heavy atom. The van der Waals surface area contributed by atoms with Crippen LogP contribution in [0.15, 0.2) is 17.5 Å². The van der Waals surface area contributed by atoms with E-state index in [4.69, 9.17) is 17.3 Å². The van der Waals surface area contributed by atoms with Gasteiger partial charge in [0.05, 0.1) is 10.6 Å². The molecule has 15 heavy (non-hydrogen) atoms. The number of imidazole rings is 1. The van der Waals surface area contributed by atoms with E-state index in [0.717, 1.165) is 22.8 Å². The summed E-state index contributed by atoms with van der Waals surface area (Å²) in [5.74, 6) is 0.915. The van der Waals surface area contributed by atoms with Gasteiger partial charge in [-0.15, -0.1) is 11.3 Å². The number of rotatable bonds is 3. The van der Waals surface area contributed by atoms with Crippen molar-refractivity contribution in [2.24, 2.45) is 12.8 Å². The van der Waals surface area contributed by atoms with Gasteiger partial charge in [0.25, 0.3) is 0 Å². The fraction of sp³-hybridized carbons (Fsp3) is 0.300. The molecule has 80 valence electrons. The van der Waals surface area contributed by atoms with Crippen molar-refractivity contribution in [3.8, 4) is 10.7 Å². The number of hydrogen-bond acceptors (Lipinski definition) is 3. The largest absolute Gasteiger partial charge is 0.330 e. The van der Waals surface area contributed by atoms with Crippen LogP contribution >= 0.6 is 22.9 Å². The van der Waals surface area contributed by atoms with Crippen LogP contribution in [0.4, 0.5) is 0 Å². The van der Waals surface area contributed by atoms with Crippen molar-refractivity contribution in [1.29, 1.82) is 0 Å². The van der Waals surface area contributed by atoms with Crippen LogP contribution in [0.2, 0.25) is 5.15 Å². The van der Waals surface area contributed by atoms with Crippen LogP contribution in [0.25, 0.3) is 10.7 Å². The molecule has 0 atom stereocenters. The summed E-state index contributed by atoms with van der Waals surface area (Å²) in [5.41, 5.74) is 6.53. The molecule has 0 spiro atoms. The van der Waals surface area contributed by atoms with E-state index in [2.05, 4.69) is 4.98 Å². The van der Waals surface area contributed by atoms with Crippen LogP contribution in [0.5, 0.6) is 0 Å². The summed E-state index contributed by atoms with van der Waals surface area (Å²) in [4.78, 5) is 5.48. The van der Waals surface area contributed by atoms with Gasteiger partial charge >= 0.3 is 0 Å². The maximum atomic E-state index is 6.06. The van der Waals surface area contributed by atoms with Gasteiger partial charge in [0.1, 0.15) is 0 Å². The van der Waals surface area contributed by atoms with E-state index < -0.39 is 0 Å². The molecule has 2 heterocycles. The Hall–Kier alpha value is -0.840. The van der Waals surface area contributed by atoms with Gasteiger partial charge in [0.2, 0.25) is 0 Å². The quantitative estimate of drug-likeness (QED) is 0.896. The zero-order valence-corrected chi connectivity index (χ0v) is 9.98. The van der Waals surface area contributed by atoms with Gasteiger partial charge in [-0.3, -0.25) is 0 Å². The van der Waals surface area contributed by atoms with Crippen molar-refractivity contribution in [2.45, 2.75) is 6.42 Å². The van der Waals surface area contributed by atoms with Crippen LogP contribution in [0.3, 0.4) is 0 Å². The number of hydrogen-bond donors (Lipinski definition) is 1. The van der Waals surface area contributed by atoms with Crippen molar-refractivity contribution >= 4 is 22.9 Å². The third-order valence-corrected chi connectivity index (χ3v) is 3.46.